The number of rotatable bonds is 22. The van der Waals surface area contributed by atoms with Crippen molar-refractivity contribution in [1.29, 1.82) is 0 Å². The molecule has 6 amide bonds. The van der Waals surface area contributed by atoms with Gasteiger partial charge in [0, 0.05) is 25.8 Å². The highest BCUT2D eigenvalue weighted by Gasteiger charge is 2.38. The molecule has 9 N–H and O–H groups in total. The van der Waals surface area contributed by atoms with Crippen LogP contribution in [0.3, 0.4) is 0 Å². The lowest BCUT2D eigenvalue weighted by Crippen LogP contribution is -2.60. The molecule has 2 saturated heterocycles. The van der Waals surface area contributed by atoms with E-state index in [4.69, 9.17) is 0 Å². The number of nitrogens with one attached hydrogen (secondary N) is 6. The summed E-state index contributed by atoms with van der Waals surface area (Å²) in [6, 6.07) is -2.18. The number of benzene rings is 1. The molecular weight excluding hydrogens is 746 g/mol. The first-order valence-electron chi connectivity index (χ1n) is 19.3. The number of hydrogen-bond acceptors (Lipinski definition) is 11. The predicted octanol–water partition coefficient (Wildman–Crippen LogP) is -0.904. The molecule has 0 spiro atoms. The molecular formula is C38H55N7O12. The highest BCUT2D eigenvalue weighted by molar-refractivity contribution is 5.97. The van der Waals surface area contributed by atoms with Gasteiger partial charge in [0.2, 0.25) is 35.4 Å². The van der Waals surface area contributed by atoms with Crippen LogP contribution >= 0.6 is 0 Å². The number of hydrogen-bond donors (Lipinski definition) is 9. The Hall–Kier alpha value is -5.59. The summed E-state index contributed by atoms with van der Waals surface area (Å²) in [6.45, 7) is 5.88. The molecule has 1 aromatic rings. The smallest absolute Gasteiger partial charge is 0.303 e. The number of carboxylic acids is 2. The van der Waals surface area contributed by atoms with Gasteiger partial charge in [0.25, 0.3) is 0 Å². The molecule has 2 aliphatic heterocycles. The Balaban J connectivity index is 1.85. The summed E-state index contributed by atoms with van der Waals surface area (Å²) in [6.07, 6.45) is 1.25. The van der Waals surface area contributed by atoms with Crippen molar-refractivity contribution in [2.24, 2.45) is 5.92 Å². The van der Waals surface area contributed by atoms with Crippen LogP contribution in [-0.4, -0.2) is 129 Å². The molecule has 19 heteroatoms. The van der Waals surface area contributed by atoms with Crippen molar-refractivity contribution in [3.05, 3.63) is 29.8 Å². The van der Waals surface area contributed by atoms with E-state index in [0.29, 0.717) is 50.6 Å². The predicted molar refractivity (Wildman–Crippen MR) is 202 cm³/mol. The maximum absolute atomic E-state index is 13.9. The van der Waals surface area contributed by atoms with Crippen molar-refractivity contribution in [2.45, 2.75) is 127 Å². The van der Waals surface area contributed by atoms with Crippen molar-refractivity contribution in [1.82, 2.24) is 36.8 Å². The van der Waals surface area contributed by atoms with Gasteiger partial charge in [0.05, 0.1) is 12.1 Å². The van der Waals surface area contributed by atoms with Crippen LogP contribution in [0.25, 0.3) is 0 Å². The van der Waals surface area contributed by atoms with Crippen LogP contribution < -0.4 is 31.9 Å². The lowest BCUT2D eigenvalue weighted by Gasteiger charge is -2.31. The number of likely N-dealkylation sites (tertiary alicyclic amines) is 1. The number of phenols is 1. The average molecular weight is 802 g/mol. The number of amides is 6. The second kappa shape index (κ2) is 22.2. The van der Waals surface area contributed by atoms with E-state index in [1.807, 2.05) is 0 Å². The van der Waals surface area contributed by atoms with Crippen molar-refractivity contribution >= 4 is 53.7 Å². The fraction of sp³-hybridized carbons (Fsp3) is 0.605. The Morgan fingerprint density at radius 2 is 1.35 bits per heavy atom. The summed E-state index contributed by atoms with van der Waals surface area (Å²) in [5, 5.41) is 44.4. The van der Waals surface area contributed by atoms with Crippen LogP contribution in [0, 0.1) is 5.92 Å². The van der Waals surface area contributed by atoms with Gasteiger partial charge in [-0.25, -0.2) is 0 Å². The molecule has 2 aliphatic rings. The molecule has 3 rings (SSSR count). The summed E-state index contributed by atoms with van der Waals surface area (Å²) >= 11 is 0. The minimum atomic E-state index is -1.61. The fourth-order valence-corrected chi connectivity index (χ4v) is 6.60. The number of carboxylic acid groups (broad SMARTS) is 2. The third-order valence-corrected chi connectivity index (χ3v) is 10.2. The molecule has 0 saturated carbocycles. The zero-order chi connectivity index (χ0) is 42.2. The maximum atomic E-state index is 13.9. The van der Waals surface area contributed by atoms with Crippen molar-refractivity contribution < 1.29 is 58.5 Å². The molecule has 0 aliphatic carbocycles. The first-order valence-corrected chi connectivity index (χ1v) is 19.3. The Kier molecular flexibility index (Phi) is 17.9. The summed E-state index contributed by atoms with van der Waals surface area (Å²) < 4.78 is 0. The van der Waals surface area contributed by atoms with Crippen LogP contribution in [0.5, 0.6) is 5.75 Å². The Morgan fingerprint density at radius 3 is 1.88 bits per heavy atom. The summed E-state index contributed by atoms with van der Waals surface area (Å²) in [5.41, 5.74) is 0.482. The second-order valence-corrected chi connectivity index (χ2v) is 14.5. The van der Waals surface area contributed by atoms with E-state index >= 15 is 0 Å². The van der Waals surface area contributed by atoms with Crippen LogP contribution in [-0.2, 0) is 49.6 Å². The van der Waals surface area contributed by atoms with E-state index in [2.05, 4.69) is 31.9 Å². The molecule has 0 radical (unpaired) electrons. The molecule has 0 bridgehead atoms. The Bertz CT molecular complexity index is 1620. The van der Waals surface area contributed by atoms with Gasteiger partial charge < -0.3 is 56.9 Å². The van der Waals surface area contributed by atoms with Gasteiger partial charge in [-0.05, 0) is 75.6 Å². The lowest BCUT2D eigenvalue weighted by atomic mass is 9.96. The van der Waals surface area contributed by atoms with Gasteiger partial charge >= 0.3 is 11.9 Å². The standard InChI is InChI=1S/C38H55N7O12/c1-4-21(2)32(38(57)45-18-6-7-24(45)20-46)44-36(55)28(14-16-31(50)51)41-35(54)27(13-15-30(48)49)42-37(56)29(19-23-9-11-25(47)12-10-23)43-33(52)22(3)40-34(53)26-8-5-17-39-26/h9-12,20-22,24,26-29,32,39,47H,4-8,13-19H2,1-3H3,(H,40,53)(H,41,54)(H,42,56)(H,43,52)(H,44,55)(H,48,49)(H,50,51)/t21-,22-,24-,26-,27-,28-,29-,32-/m0/s1. The average Bonchev–Trinajstić information content (AvgIpc) is 3.90. The van der Waals surface area contributed by atoms with Crippen molar-refractivity contribution in [3.63, 3.8) is 0 Å². The van der Waals surface area contributed by atoms with E-state index in [9.17, 15) is 58.5 Å². The van der Waals surface area contributed by atoms with Crippen molar-refractivity contribution in [3.8, 4) is 5.75 Å². The first kappa shape index (κ1) is 45.8. The molecule has 19 nitrogen and oxygen atoms in total. The molecule has 8 atom stereocenters. The number of nitrogens with zero attached hydrogens (tertiary/aromatic N) is 1. The zero-order valence-corrected chi connectivity index (χ0v) is 32.5. The molecule has 314 valence electrons. The van der Waals surface area contributed by atoms with Gasteiger partial charge in [-0.3, -0.25) is 38.4 Å². The molecule has 2 fully saturated rings. The first-order chi connectivity index (χ1) is 27.0. The van der Waals surface area contributed by atoms with Crippen LogP contribution in [0.1, 0.15) is 84.1 Å². The molecule has 57 heavy (non-hydrogen) atoms. The van der Waals surface area contributed by atoms with E-state index < -0.39 is 121 Å². The number of aliphatic carboxylic acids is 2. The van der Waals surface area contributed by atoms with Crippen LogP contribution in [0.4, 0.5) is 0 Å². The number of phenolic OH excluding ortho intramolecular Hbond substituents is 1. The van der Waals surface area contributed by atoms with Gasteiger partial charge in [-0.2, -0.15) is 0 Å². The lowest BCUT2D eigenvalue weighted by molar-refractivity contribution is -0.142. The maximum Gasteiger partial charge on any atom is 0.303 e. The van der Waals surface area contributed by atoms with E-state index in [1.165, 1.54) is 36.1 Å². The van der Waals surface area contributed by atoms with Crippen LogP contribution in [0.15, 0.2) is 24.3 Å². The van der Waals surface area contributed by atoms with E-state index in [1.54, 1.807) is 13.8 Å². The number of carbonyl (C=O) groups excluding carboxylic acids is 7. The summed E-state index contributed by atoms with van der Waals surface area (Å²) in [5.74, 6) is -7.62. The van der Waals surface area contributed by atoms with E-state index in [0.717, 1.165) is 6.42 Å². The number of carbonyl (C=O) groups is 9. The van der Waals surface area contributed by atoms with Crippen molar-refractivity contribution in [2.75, 3.05) is 13.1 Å². The second-order valence-electron chi connectivity index (χ2n) is 14.5. The third-order valence-electron chi connectivity index (χ3n) is 10.2. The molecule has 2 heterocycles. The number of aldehydes is 1. The van der Waals surface area contributed by atoms with Gasteiger partial charge in [-0.1, -0.05) is 32.4 Å². The largest absolute Gasteiger partial charge is 0.508 e. The molecule has 0 unspecified atom stereocenters. The van der Waals surface area contributed by atoms with Gasteiger partial charge in [-0.15, -0.1) is 0 Å². The minimum Gasteiger partial charge on any atom is -0.508 e. The fourth-order valence-electron chi connectivity index (χ4n) is 6.60. The van der Waals surface area contributed by atoms with E-state index in [-0.39, 0.29) is 12.2 Å². The Labute approximate surface area is 330 Å². The number of aromatic hydroxyl groups is 1. The third kappa shape index (κ3) is 14.1. The summed E-state index contributed by atoms with van der Waals surface area (Å²) in [4.78, 5) is 117. The van der Waals surface area contributed by atoms with Gasteiger partial charge in [0.1, 0.15) is 42.2 Å². The molecule has 0 aromatic heterocycles. The quantitative estimate of drug-likeness (QED) is 0.0644. The van der Waals surface area contributed by atoms with Gasteiger partial charge in [0.15, 0.2) is 0 Å². The normalized spacial score (nSPS) is 19.5. The Morgan fingerprint density at radius 1 is 0.789 bits per heavy atom. The zero-order valence-electron chi connectivity index (χ0n) is 32.5. The summed E-state index contributed by atoms with van der Waals surface area (Å²) in [7, 11) is 0. The highest BCUT2D eigenvalue weighted by Crippen LogP contribution is 2.20. The van der Waals surface area contributed by atoms with Crippen LogP contribution in [0.2, 0.25) is 0 Å². The highest BCUT2D eigenvalue weighted by atomic mass is 16.4. The monoisotopic (exact) mass is 801 g/mol. The minimum absolute atomic E-state index is 0.0615. The SMILES string of the molecule is CC[C@H](C)[C@H](NC(=O)[C@H](CCC(=O)O)NC(=O)[C@H](CCC(=O)O)NC(=O)[C@H](Cc1ccc(O)cc1)NC(=O)[C@H](C)NC(=O)[C@@H]1CCCN1)C(=O)N1CCC[C@H]1C=O. The molecule has 1 aromatic carbocycles. The topological polar surface area (TPSA) is 290 Å².